The summed E-state index contributed by atoms with van der Waals surface area (Å²) >= 11 is 0. The number of benzene rings is 2. The molecule has 0 fully saturated rings. The average molecular weight is 369 g/mol. The van der Waals surface area contributed by atoms with Crippen LogP contribution in [0.25, 0.3) is 0 Å². The minimum atomic E-state index is -1.60. The lowest BCUT2D eigenvalue weighted by molar-refractivity contribution is -0.138. The van der Waals surface area contributed by atoms with E-state index in [-0.39, 0.29) is 11.5 Å². The zero-order valence-electron chi connectivity index (χ0n) is 15.7. The molecule has 3 nitrogen and oxygen atoms in total. The zero-order valence-corrected chi connectivity index (χ0v) is 16.8. The Labute approximate surface area is 158 Å². The molecule has 2 rings (SSSR count). The van der Waals surface area contributed by atoms with Crippen LogP contribution in [-0.2, 0) is 14.0 Å². The van der Waals surface area contributed by atoms with Gasteiger partial charge < -0.3 is 9.16 Å². The highest BCUT2D eigenvalue weighted by atomic mass is 28.3. The van der Waals surface area contributed by atoms with E-state index >= 15 is 0 Å². The van der Waals surface area contributed by atoms with Gasteiger partial charge in [0.2, 0.25) is 0 Å². The van der Waals surface area contributed by atoms with Crippen molar-refractivity contribution in [3.63, 3.8) is 0 Å². The molecule has 1 unspecified atom stereocenters. The number of hydrogen-bond donors (Lipinski definition) is 0. The quantitative estimate of drug-likeness (QED) is 0.265. The van der Waals surface area contributed by atoms with E-state index in [1.807, 2.05) is 19.1 Å². The van der Waals surface area contributed by atoms with E-state index in [0.29, 0.717) is 18.8 Å². The summed E-state index contributed by atoms with van der Waals surface area (Å²) < 4.78 is 11.5. The molecule has 0 heterocycles. The van der Waals surface area contributed by atoms with Crippen molar-refractivity contribution >= 4 is 15.0 Å². The van der Waals surface area contributed by atoms with E-state index < -0.39 is 9.04 Å². The lowest BCUT2D eigenvalue weighted by Crippen LogP contribution is -2.29. The SMILES string of the molecule is C=C(C)C(=O)OCCC[SiH](OCC)C(c1ccccc1)c1ccccc1. The van der Waals surface area contributed by atoms with Gasteiger partial charge in [-0.1, -0.05) is 67.2 Å². The minimum Gasteiger partial charge on any atom is -0.462 e. The number of esters is 1. The summed E-state index contributed by atoms with van der Waals surface area (Å²) in [7, 11) is -1.60. The lowest BCUT2D eigenvalue weighted by atomic mass is 10.0. The zero-order chi connectivity index (χ0) is 18.8. The smallest absolute Gasteiger partial charge is 0.333 e. The molecule has 1 atom stereocenters. The highest BCUT2D eigenvalue weighted by Crippen LogP contribution is 2.30. The second-order valence-electron chi connectivity index (χ2n) is 6.35. The monoisotopic (exact) mass is 368 g/mol. The summed E-state index contributed by atoms with van der Waals surface area (Å²) in [6.07, 6.45) is 0.812. The molecule has 0 aliphatic carbocycles. The maximum atomic E-state index is 11.5. The van der Waals surface area contributed by atoms with Crippen molar-refractivity contribution in [1.29, 1.82) is 0 Å². The summed E-state index contributed by atoms with van der Waals surface area (Å²) in [5, 5.41) is 0. The minimum absolute atomic E-state index is 0.286. The van der Waals surface area contributed by atoms with Crippen LogP contribution in [0.15, 0.2) is 72.8 Å². The number of carbonyl (C=O) groups is 1. The molecule has 0 saturated carbocycles. The second-order valence-corrected chi connectivity index (χ2v) is 9.01. The van der Waals surface area contributed by atoms with Crippen LogP contribution in [0.1, 0.15) is 36.9 Å². The molecule has 138 valence electrons. The fourth-order valence-electron chi connectivity index (χ4n) is 3.08. The molecule has 0 bridgehead atoms. The third kappa shape index (κ3) is 5.97. The Kier molecular flexibility index (Phi) is 8.32. The Morgan fingerprint density at radius 3 is 2.04 bits per heavy atom. The standard InChI is InChI=1S/C22H28O3Si/c1-4-25-26(17-11-16-24-22(23)18(2)3)21(19-12-7-5-8-13-19)20-14-9-6-10-15-20/h5-10,12-15,21,26H,2,4,11,16-17H2,1,3H3. The number of rotatable bonds is 10. The molecule has 26 heavy (non-hydrogen) atoms. The van der Waals surface area contributed by atoms with Crippen molar-refractivity contribution in [3.05, 3.63) is 83.9 Å². The average Bonchev–Trinajstić information content (AvgIpc) is 2.67. The van der Waals surface area contributed by atoms with Crippen LogP contribution in [0.5, 0.6) is 0 Å². The number of hydrogen-bond acceptors (Lipinski definition) is 3. The van der Waals surface area contributed by atoms with Gasteiger partial charge in [0.1, 0.15) is 0 Å². The molecule has 4 heteroatoms. The van der Waals surface area contributed by atoms with E-state index in [2.05, 4.69) is 55.1 Å². The van der Waals surface area contributed by atoms with Crippen LogP contribution in [0, 0.1) is 0 Å². The van der Waals surface area contributed by atoms with Crippen molar-refractivity contribution in [2.45, 2.75) is 31.9 Å². The summed E-state index contributed by atoms with van der Waals surface area (Å²) in [5.41, 5.74) is 3.31. The highest BCUT2D eigenvalue weighted by Gasteiger charge is 2.27. The first-order chi connectivity index (χ1) is 12.6. The Morgan fingerprint density at radius 1 is 1.04 bits per heavy atom. The third-order valence-electron chi connectivity index (χ3n) is 4.28. The van der Waals surface area contributed by atoms with Gasteiger partial charge in [-0.25, -0.2) is 4.79 Å². The van der Waals surface area contributed by atoms with Crippen molar-refractivity contribution < 1.29 is 14.0 Å². The molecule has 0 spiro atoms. The Balaban J connectivity index is 2.13. The van der Waals surface area contributed by atoms with Crippen LogP contribution in [0.3, 0.4) is 0 Å². The van der Waals surface area contributed by atoms with Gasteiger partial charge in [-0.15, -0.1) is 0 Å². The Morgan fingerprint density at radius 2 is 1.58 bits per heavy atom. The molecule has 0 aliphatic rings. The van der Waals surface area contributed by atoms with Crippen molar-refractivity contribution in [1.82, 2.24) is 0 Å². The first-order valence-electron chi connectivity index (χ1n) is 9.17. The topological polar surface area (TPSA) is 35.5 Å². The van der Waals surface area contributed by atoms with E-state index in [0.717, 1.165) is 12.5 Å². The molecule has 0 N–H and O–H groups in total. The van der Waals surface area contributed by atoms with Gasteiger partial charge in [-0.2, -0.15) is 0 Å². The van der Waals surface area contributed by atoms with E-state index in [1.54, 1.807) is 6.92 Å². The van der Waals surface area contributed by atoms with Gasteiger partial charge in [0.15, 0.2) is 9.04 Å². The van der Waals surface area contributed by atoms with Gasteiger partial charge in [0.25, 0.3) is 0 Å². The third-order valence-corrected chi connectivity index (χ3v) is 7.54. The van der Waals surface area contributed by atoms with Gasteiger partial charge in [-0.05, 0) is 37.4 Å². The second kappa shape index (κ2) is 10.7. The molecule has 2 aromatic rings. The van der Waals surface area contributed by atoms with E-state index in [9.17, 15) is 4.79 Å². The van der Waals surface area contributed by atoms with E-state index in [4.69, 9.17) is 9.16 Å². The van der Waals surface area contributed by atoms with Crippen molar-refractivity contribution in [3.8, 4) is 0 Å². The summed E-state index contributed by atoms with van der Waals surface area (Å²) in [5.74, 6) is -0.317. The first-order valence-corrected chi connectivity index (χ1v) is 11.1. The van der Waals surface area contributed by atoms with E-state index in [1.165, 1.54) is 11.1 Å². The normalized spacial score (nSPS) is 12.0. The van der Waals surface area contributed by atoms with Gasteiger partial charge in [0, 0.05) is 17.7 Å². The van der Waals surface area contributed by atoms with Crippen LogP contribution in [0.4, 0.5) is 0 Å². The van der Waals surface area contributed by atoms with Crippen LogP contribution >= 0.6 is 0 Å². The molecule has 0 saturated heterocycles. The fraction of sp³-hybridized carbons (Fsp3) is 0.318. The molecular weight excluding hydrogens is 340 g/mol. The van der Waals surface area contributed by atoms with Crippen molar-refractivity contribution in [2.24, 2.45) is 0 Å². The largest absolute Gasteiger partial charge is 0.462 e. The van der Waals surface area contributed by atoms with Gasteiger partial charge in [0.05, 0.1) is 6.61 Å². The van der Waals surface area contributed by atoms with Crippen LogP contribution in [0.2, 0.25) is 6.04 Å². The molecule has 2 aromatic carbocycles. The highest BCUT2D eigenvalue weighted by molar-refractivity contribution is 6.54. The van der Waals surface area contributed by atoms with Crippen LogP contribution in [-0.4, -0.2) is 28.2 Å². The molecular formula is C22H28O3Si. The molecule has 0 aliphatic heterocycles. The van der Waals surface area contributed by atoms with Gasteiger partial charge >= 0.3 is 5.97 Å². The number of carbonyl (C=O) groups excluding carboxylic acids is 1. The first kappa shape index (κ1) is 20.1. The molecule has 0 radical (unpaired) electrons. The molecule has 0 aromatic heterocycles. The van der Waals surface area contributed by atoms with Crippen LogP contribution < -0.4 is 0 Å². The maximum Gasteiger partial charge on any atom is 0.333 e. The Bertz CT molecular complexity index is 646. The summed E-state index contributed by atoms with van der Waals surface area (Å²) in [4.78, 5) is 11.5. The van der Waals surface area contributed by atoms with Crippen molar-refractivity contribution in [2.75, 3.05) is 13.2 Å². The summed E-state index contributed by atoms with van der Waals surface area (Å²) in [6, 6.07) is 22.1. The maximum absolute atomic E-state index is 11.5. The van der Waals surface area contributed by atoms with Gasteiger partial charge in [-0.3, -0.25) is 0 Å². The number of ether oxygens (including phenoxy) is 1. The lowest BCUT2D eigenvalue weighted by Gasteiger charge is -2.26. The fourth-order valence-corrected chi connectivity index (χ4v) is 6.07. The Hall–Kier alpha value is -2.17. The predicted molar refractivity (Wildman–Crippen MR) is 109 cm³/mol. The molecule has 0 amide bonds. The predicted octanol–water partition coefficient (Wildman–Crippen LogP) is 4.63. The summed E-state index contributed by atoms with van der Waals surface area (Å²) in [6.45, 7) is 8.45.